The van der Waals surface area contributed by atoms with Gasteiger partial charge in [-0.25, -0.2) is 4.98 Å². The van der Waals surface area contributed by atoms with E-state index in [1.54, 1.807) is 5.38 Å². The average Bonchev–Trinajstić information content (AvgIpc) is 3.34. The summed E-state index contributed by atoms with van der Waals surface area (Å²) in [5.41, 5.74) is 0.436. The van der Waals surface area contributed by atoms with Crippen LogP contribution in [0.5, 0.6) is 5.75 Å². The predicted molar refractivity (Wildman–Crippen MR) is 130 cm³/mol. The maximum atomic E-state index is 13.0. The molecule has 6 nitrogen and oxygen atoms in total. The molecule has 2 atom stereocenters. The van der Waals surface area contributed by atoms with Gasteiger partial charge in [0.05, 0.1) is 5.56 Å². The van der Waals surface area contributed by atoms with Crippen LogP contribution in [-0.2, 0) is 12.8 Å². The number of nitrogens with one attached hydrogen (secondary N) is 2. The lowest BCUT2D eigenvalue weighted by atomic mass is 9.90. The zero-order valence-electron chi connectivity index (χ0n) is 19.6. The second-order valence-electron chi connectivity index (χ2n) is 8.75. The summed E-state index contributed by atoms with van der Waals surface area (Å²) in [7, 11) is 0. The van der Waals surface area contributed by atoms with Crippen LogP contribution in [0.4, 0.5) is 13.2 Å². The van der Waals surface area contributed by atoms with E-state index in [0.29, 0.717) is 23.6 Å². The molecule has 1 aromatic heterocycles. The molecule has 1 heterocycles. The molecule has 0 aliphatic heterocycles. The summed E-state index contributed by atoms with van der Waals surface area (Å²) in [5, 5.41) is 8.06. The number of ether oxygens (including phenoxy) is 1. The molecule has 2 aromatic carbocycles. The summed E-state index contributed by atoms with van der Waals surface area (Å²) in [6.45, 7) is 2.23. The van der Waals surface area contributed by atoms with Gasteiger partial charge in [-0.05, 0) is 50.1 Å². The van der Waals surface area contributed by atoms with E-state index in [1.807, 2.05) is 31.2 Å². The summed E-state index contributed by atoms with van der Waals surface area (Å²) in [6, 6.07) is 11.2. The molecule has 10 heteroatoms. The SMILES string of the molecule is Cc1ccc(OCc2nc(C(=O)N[C@H]3CCCC[C@@H]3NC(=O)c3cccc(C(F)(F)F)c3)cs2)cc1. The molecular formula is C26H26F3N3O3S. The third kappa shape index (κ3) is 6.63. The van der Waals surface area contributed by atoms with Crippen molar-refractivity contribution in [2.45, 2.75) is 57.5 Å². The molecule has 36 heavy (non-hydrogen) atoms. The van der Waals surface area contributed by atoms with Crippen molar-refractivity contribution in [2.24, 2.45) is 0 Å². The summed E-state index contributed by atoms with van der Waals surface area (Å²) in [5.74, 6) is -0.252. The van der Waals surface area contributed by atoms with Gasteiger partial charge in [-0.15, -0.1) is 11.3 Å². The van der Waals surface area contributed by atoms with Crippen LogP contribution in [0.1, 0.15) is 62.7 Å². The van der Waals surface area contributed by atoms with Crippen LogP contribution in [0, 0.1) is 6.92 Å². The Hall–Kier alpha value is -3.40. The quantitative estimate of drug-likeness (QED) is 0.433. The van der Waals surface area contributed by atoms with Crippen molar-refractivity contribution in [3.63, 3.8) is 0 Å². The number of nitrogens with zero attached hydrogens (tertiary/aromatic N) is 1. The number of halogens is 3. The monoisotopic (exact) mass is 517 g/mol. The van der Waals surface area contributed by atoms with Gasteiger partial charge in [0, 0.05) is 23.0 Å². The fraction of sp³-hybridized carbons (Fsp3) is 0.346. The lowest BCUT2D eigenvalue weighted by Gasteiger charge is -2.32. The molecule has 2 amide bonds. The van der Waals surface area contributed by atoms with E-state index in [9.17, 15) is 22.8 Å². The van der Waals surface area contributed by atoms with Gasteiger partial charge in [-0.2, -0.15) is 13.2 Å². The normalized spacial score (nSPS) is 17.9. The van der Waals surface area contributed by atoms with E-state index in [4.69, 9.17) is 4.74 Å². The van der Waals surface area contributed by atoms with Gasteiger partial charge in [0.25, 0.3) is 11.8 Å². The first-order chi connectivity index (χ1) is 17.2. The molecule has 0 radical (unpaired) electrons. The van der Waals surface area contributed by atoms with Crippen LogP contribution in [-0.4, -0.2) is 28.9 Å². The number of carbonyl (C=O) groups is 2. The minimum atomic E-state index is -4.53. The Labute approximate surface area is 210 Å². The van der Waals surface area contributed by atoms with Crippen molar-refractivity contribution >= 4 is 23.2 Å². The van der Waals surface area contributed by atoms with Crippen LogP contribution >= 0.6 is 11.3 Å². The first-order valence-corrected chi connectivity index (χ1v) is 12.5. The van der Waals surface area contributed by atoms with Crippen molar-refractivity contribution in [3.8, 4) is 5.75 Å². The minimum Gasteiger partial charge on any atom is -0.486 e. The smallest absolute Gasteiger partial charge is 0.416 e. The van der Waals surface area contributed by atoms with Gasteiger partial charge < -0.3 is 15.4 Å². The summed E-state index contributed by atoms with van der Waals surface area (Å²) in [4.78, 5) is 29.9. The molecule has 0 spiro atoms. The summed E-state index contributed by atoms with van der Waals surface area (Å²) < 4.78 is 44.8. The standard InChI is InChI=1S/C26H26F3N3O3S/c1-16-9-11-19(12-10-16)35-14-23-30-22(15-36-23)25(34)32-21-8-3-2-7-20(21)31-24(33)17-5-4-6-18(13-17)26(27,28)29/h4-6,9-13,15,20-21H,2-3,7-8,14H2,1H3,(H,31,33)(H,32,34)/t20-,21-/m0/s1. The lowest BCUT2D eigenvalue weighted by Crippen LogP contribution is -2.53. The molecule has 0 bridgehead atoms. The largest absolute Gasteiger partial charge is 0.486 e. The zero-order chi connectivity index (χ0) is 25.7. The number of amides is 2. The van der Waals surface area contributed by atoms with Gasteiger partial charge in [0.15, 0.2) is 0 Å². The number of hydrogen-bond acceptors (Lipinski definition) is 5. The first kappa shape index (κ1) is 25.7. The Morgan fingerprint density at radius 1 is 1.03 bits per heavy atom. The van der Waals surface area contributed by atoms with E-state index in [2.05, 4.69) is 15.6 Å². The van der Waals surface area contributed by atoms with E-state index in [-0.39, 0.29) is 29.8 Å². The minimum absolute atomic E-state index is 0.0711. The molecule has 0 saturated heterocycles. The van der Waals surface area contributed by atoms with Crippen LogP contribution in [0.25, 0.3) is 0 Å². The third-order valence-electron chi connectivity index (χ3n) is 6.02. The third-order valence-corrected chi connectivity index (χ3v) is 6.84. The number of hydrogen-bond donors (Lipinski definition) is 2. The van der Waals surface area contributed by atoms with E-state index in [1.165, 1.54) is 23.5 Å². The summed E-state index contributed by atoms with van der Waals surface area (Å²) >= 11 is 1.32. The number of carbonyl (C=O) groups excluding carboxylic acids is 2. The van der Waals surface area contributed by atoms with Crippen LogP contribution in [0.2, 0.25) is 0 Å². The average molecular weight is 518 g/mol. The molecule has 190 valence electrons. The number of rotatable bonds is 7. The number of thiazole rings is 1. The van der Waals surface area contributed by atoms with Crippen LogP contribution in [0.3, 0.4) is 0 Å². The van der Waals surface area contributed by atoms with E-state index < -0.39 is 23.7 Å². The van der Waals surface area contributed by atoms with Crippen LogP contribution < -0.4 is 15.4 Å². The maximum Gasteiger partial charge on any atom is 0.416 e. The van der Waals surface area contributed by atoms with Crippen molar-refractivity contribution < 1.29 is 27.5 Å². The Bertz CT molecular complexity index is 1210. The molecule has 1 saturated carbocycles. The highest BCUT2D eigenvalue weighted by Crippen LogP contribution is 2.29. The van der Waals surface area contributed by atoms with Gasteiger partial charge >= 0.3 is 6.18 Å². The Morgan fingerprint density at radius 3 is 2.36 bits per heavy atom. The van der Waals surface area contributed by atoms with Gasteiger partial charge in [0.2, 0.25) is 0 Å². The lowest BCUT2D eigenvalue weighted by molar-refractivity contribution is -0.137. The molecule has 0 unspecified atom stereocenters. The van der Waals surface area contributed by atoms with Crippen molar-refractivity contribution in [3.05, 3.63) is 81.3 Å². The molecular weight excluding hydrogens is 491 g/mol. The zero-order valence-corrected chi connectivity index (χ0v) is 20.4. The second-order valence-corrected chi connectivity index (χ2v) is 9.69. The van der Waals surface area contributed by atoms with Crippen molar-refractivity contribution in [2.75, 3.05) is 0 Å². The molecule has 1 aliphatic carbocycles. The van der Waals surface area contributed by atoms with Crippen molar-refractivity contribution in [1.29, 1.82) is 0 Å². The fourth-order valence-corrected chi connectivity index (χ4v) is 4.75. The molecule has 1 aliphatic rings. The number of alkyl halides is 3. The molecule has 2 N–H and O–H groups in total. The van der Waals surface area contributed by atoms with E-state index in [0.717, 1.165) is 30.5 Å². The summed E-state index contributed by atoms with van der Waals surface area (Å²) in [6.07, 6.45) is -1.56. The highest BCUT2D eigenvalue weighted by Gasteiger charge is 2.32. The molecule has 1 fully saturated rings. The number of aromatic nitrogens is 1. The van der Waals surface area contributed by atoms with Crippen LogP contribution in [0.15, 0.2) is 53.9 Å². The van der Waals surface area contributed by atoms with Gasteiger partial charge in [0.1, 0.15) is 23.1 Å². The predicted octanol–water partition coefficient (Wildman–Crippen LogP) is 5.52. The Balaban J connectivity index is 1.35. The Kier molecular flexibility index (Phi) is 7.93. The fourth-order valence-electron chi connectivity index (χ4n) is 4.07. The number of aryl methyl sites for hydroxylation is 1. The van der Waals surface area contributed by atoms with Gasteiger partial charge in [-0.3, -0.25) is 9.59 Å². The van der Waals surface area contributed by atoms with Crippen molar-refractivity contribution in [1.82, 2.24) is 15.6 Å². The Morgan fingerprint density at radius 2 is 1.69 bits per heavy atom. The highest BCUT2D eigenvalue weighted by atomic mass is 32.1. The van der Waals surface area contributed by atoms with E-state index >= 15 is 0 Å². The van der Waals surface area contributed by atoms with Gasteiger partial charge in [-0.1, -0.05) is 36.6 Å². The highest BCUT2D eigenvalue weighted by molar-refractivity contribution is 7.09. The topological polar surface area (TPSA) is 80.3 Å². The number of benzene rings is 2. The maximum absolute atomic E-state index is 13.0. The second kappa shape index (κ2) is 11.1. The molecule has 3 aromatic rings. The molecule has 4 rings (SSSR count). The first-order valence-electron chi connectivity index (χ1n) is 11.6.